The summed E-state index contributed by atoms with van der Waals surface area (Å²) in [5.74, 6) is -0.892. The SMILES string of the molecule is CCCCCCC/C=C\C/C=C\C/C=C\CCCCCCCCCCCCCCC(=O)OCC(COC(=O)CCCCCCC/C=C\CCCCCCC)OC(=O)CCCCCCCC/C=C\C/C=C\C/C=C\CCCCCCC. The molecular formula is C74H130O6. The Kier molecular flexibility index (Phi) is 65.2. The molecule has 1 unspecified atom stereocenters. The third kappa shape index (κ3) is 65.4. The third-order valence-corrected chi connectivity index (χ3v) is 15.1. The summed E-state index contributed by atoms with van der Waals surface area (Å²) >= 11 is 0. The number of hydrogen-bond acceptors (Lipinski definition) is 6. The van der Waals surface area contributed by atoms with Gasteiger partial charge in [-0.05, 0) is 122 Å². The number of unbranched alkanes of at least 4 members (excludes halogenated alkanes) is 38. The molecule has 0 radical (unpaired) electrons. The average Bonchev–Trinajstić information content (AvgIpc) is 3.46. The third-order valence-electron chi connectivity index (χ3n) is 15.1. The molecule has 0 amide bonds. The van der Waals surface area contributed by atoms with Gasteiger partial charge in [0.25, 0.3) is 0 Å². The molecule has 6 heteroatoms. The van der Waals surface area contributed by atoms with Gasteiger partial charge in [0.1, 0.15) is 13.2 Å². The van der Waals surface area contributed by atoms with Crippen LogP contribution in [0.5, 0.6) is 0 Å². The molecule has 1 atom stereocenters. The van der Waals surface area contributed by atoms with Gasteiger partial charge in [-0.25, -0.2) is 0 Å². The standard InChI is InChI=1S/C74H130O6/c1-4-7-10-13-16-19-22-25-28-30-32-34-35-36-37-38-39-41-42-44-46-49-52-55-58-61-64-67-73(76)79-70-71(69-78-72(75)66-63-60-57-54-51-48-27-24-21-18-15-12-9-6-3)80-74(77)68-65-62-59-56-53-50-47-45-43-40-33-31-29-26-23-20-17-14-11-8-5-2/h22-27,30-33,35-36,43,45,71H,4-21,28-29,34,37-42,44,46-70H2,1-3H3/b25-22-,26-23-,27-24-,32-30-,33-31-,36-35-,45-43-. The lowest BCUT2D eigenvalue weighted by Crippen LogP contribution is -2.30. The van der Waals surface area contributed by atoms with Gasteiger partial charge in [-0.15, -0.1) is 0 Å². The van der Waals surface area contributed by atoms with E-state index in [2.05, 4.69) is 106 Å². The normalized spacial score (nSPS) is 12.6. The second-order valence-electron chi connectivity index (χ2n) is 23.1. The molecule has 0 aliphatic carbocycles. The summed E-state index contributed by atoms with van der Waals surface area (Å²) in [6, 6.07) is 0. The second-order valence-corrected chi connectivity index (χ2v) is 23.1. The molecule has 0 saturated heterocycles. The fourth-order valence-electron chi connectivity index (χ4n) is 9.87. The summed E-state index contributed by atoms with van der Waals surface area (Å²) < 4.78 is 17.0. The van der Waals surface area contributed by atoms with E-state index in [4.69, 9.17) is 14.2 Å². The van der Waals surface area contributed by atoms with Gasteiger partial charge in [-0.2, -0.15) is 0 Å². The Morgan fingerprint density at radius 1 is 0.250 bits per heavy atom. The van der Waals surface area contributed by atoms with Gasteiger partial charge in [0.05, 0.1) is 0 Å². The molecule has 0 aliphatic heterocycles. The largest absolute Gasteiger partial charge is 0.462 e. The molecule has 0 rings (SSSR count). The molecule has 0 aliphatic rings. The average molecular weight is 1120 g/mol. The zero-order valence-electron chi connectivity index (χ0n) is 53.1. The van der Waals surface area contributed by atoms with Crippen molar-refractivity contribution in [3.63, 3.8) is 0 Å². The second kappa shape index (κ2) is 68.1. The number of esters is 3. The van der Waals surface area contributed by atoms with Crippen molar-refractivity contribution in [3.8, 4) is 0 Å². The van der Waals surface area contributed by atoms with Crippen molar-refractivity contribution in [1.82, 2.24) is 0 Å². The van der Waals surface area contributed by atoms with E-state index in [0.29, 0.717) is 19.3 Å². The number of carbonyl (C=O) groups is 3. The van der Waals surface area contributed by atoms with Crippen LogP contribution in [-0.2, 0) is 28.6 Å². The van der Waals surface area contributed by atoms with Gasteiger partial charge in [0, 0.05) is 19.3 Å². The van der Waals surface area contributed by atoms with E-state index in [9.17, 15) is 14.4 Å². The lowest BCUT2D eigenvalue weighted by molar-refractivity contribution is -0.167. The van der Waals surface area contributed by atoms with Crippen molar-refractivity contribution in [3.05, 3.63) is 85.1 Å². The minimum absolute atomic E-state index is 0.0841. The zero-order chi connectivity index (χ0) is 57.8. The molecule has 0 fully saturated rings. The topological polar surface area (TPSA) is 78.9 Å². The lowest BCUT2D eigenvalue weighted by atomic mass is 10.0. The summed E-state index contributed by atoms with van der Waals surface area (Å²) in [5, 5.41) is 0. The first kappa shape index (κ1) is 76.6. The van der Waals surface area contributed by atoms with Crippen molar-refractivity contribution in [2.75, 3.05) is 13.2 Å². The van der Waals surface area contributed by atoms with Gasteiger partial charge in [-0.3, -0.25) is 14.4 Å². The van der Waals surface area contributed by atoms with E-state index in [1.54, 1.807) is 0 Å². The summed E-state index contributed by atoms with van der Waals surface area (Å²) in [6.45, 7) is 6.63. The van der Waals surface area contributed by atoms with Crippen LogP contribution in [0.25, 0.3) is 0 Å². The number of hydrogen-bond donors (Lipinski definition) is 0. The summed E-state index contributed by atoms with van der Waals surface area (Å²) in [6.07, 6.45) is 90.2. The van der Waals surface area contributed by atoms with E-state index in [1.807, 2.05) is 0 Å². The van der Waals surface area contributed by atoms with E-state index in [1.165, 1.54) is 205 Å². The lowest BCUT2D eigenvalue weighted by Gasteiger charge is -2.18. The van der Waals surface area contributed by atoms with Gasteiger partial charge in [0.2, 0.25) is 0 Å². The molecule has 0 saturated carbocycles. The van der Waals surface area contributed by atoms with Crippen molar-refractivity contribution in [2.45, 2.75) is 354 Å². The van der Waals surface area contributed by atoms with Crippen molar-refractivity contribution in [2.24, 2.45) is 0 Å². The van der Waals surface area contributed by atoms with Gasteiger partial charge >= 0.3 is 17.9 Å². The van der Waals surface area contributed by atoms with Crippen LogP contribution in [0.2, 0.25) is 0 Å². The quantitative estimate of drug-likeness (QED) is 0.0261. The highest BCUT2D eigenvalue weighted by Gasteiger charge is 2.19. The van der Waals surface area contributed by atoms with Crippen LogP contribution in [0.4, 0.5) is 0 Å². The van der Waals surface area contributed by atoms with E-state index >= 15 is 0 Å². The summed E-state index contributed by atoms with van der Waals surface area (Å²) in [4.78, 5) is 38.4. The fourth-order valence-corrected chi connectivity index (χ4v) is 9.87. The van der Waals surface area contributed by atoms with Crippen molar-refractivity contribution >= 4 is 17.9 Å². The Hall–Kier alpha value is -3.41. The Morgan fingerprint density at radius 2 is 0.450 bits per heavy atom. The summed E-state index contributed by atoms with van der Waals surface area (Å²) in [5.41, 5.74) is 0. The molecule has 0 bridgehead atoms. The predicted octanol–water partition coefficient (Wildman–Crippen LogP) is 23.8. The summed E-state index contributed by atoms with van der Waals surface area (Å²) in [7, 11) is 0. The highest BCUT2D eigenvalue weighted by atomic mass is 16.6. The maximum atomic E-state index is 12.9. The number of carbonyl (C=O) groups excluding carboxylic acids is 3. The van der Waals surface area contributed by atoms with Crippen LogP contribution in [0, 0.1) is 0 Å². The fraction of sp³-hybridized carbons (Fsp3) is 0.770. The molecule has 0 aromatic rings. The minimum Gasteiger partial charge on any atom is -0.462 e. The van der Waals surface area contributed by atoms with Crippen LogP contribution in [0.3, 0.4) is 0 Å². The first-order valence-electron chi connectivity index (χ1n) is 34.6. The Morgan fingerprint density at radius 3 is 0.713 bits per heavy atom. The maximum absolute atomic E-state index is 12.9. The van der Waals surface area contributed by atoms with Gasteiger partial charge < -0.3 is 14.2 Å². The molecule has 0 aromatic carbocycles. The van der Waals surface area contributed by atoms with Gasteiger partial charge in [0.15, 0.2) is 6.10 Å². The van der Waals surface area contributed by atoms with E-state index < -0.39 is 6.10 Å². The molecule has 6 nitrogen and oxygen atoms in total. The first-order chi connectivity index (χ1) is 39.5. The van der Waals surface area contributed by atoms with E-state index in [0.717, 1.165) is 103 Å². The molecule has 0 N–H and O–H groups in total. The first-order valence-corrected chi connectivity index (χ1v) is 34.6. The molecular weight excluding hydrogens is 985 g/mol. The number of rotatable bonds is 63. The molecule has 0 heterocycles. The van der Waals surface area contributed by atoms with Crippen molar-refractivity contribution < 1.29 is 28.6 Å². The maximum Gasteiger partial charge on any atom is 0.306 e. The Balaban J connectivity index is 4.33. The highest BCUT2D eigenvalue weighted by molar-refractivity contribution is 5.71. The van der Waals surface area contributed by atoms with E-state index in [-0.39, 0.29) is 31.1 Å². The number of ether oxygens (including phenoxy) is 3. The predicted molar refractivity (Wildman–Crippen MR) is 348 cm³/mol. The smallest absolute Gasteiger partial charge is 0.306 e. The van der Waals surface area contributed by atoms with Crippen LogP contribution >= 0.6 is 0 Å². The molecule has 0 spiro atoms. The molecule has 0 aromatic heterocycles. The Labute approximate surface area is 496 Å². The minimum atomic E-state index is -0.790. The van der Waals surface area contributed by atoms with Crippen LogP contribution in [0.15, 0.2) is 85.1 Å². The van der Waals surface area contributed by atoms with Crippen LogP contribution in [-0.4, -0.2) is 37.2 Å². The van der Waals surface area contributed by atoms with Crippen molar-refractivity contribution in [1.29, 1.82) is 0 Å². The highest BCUT2D eigenvalue weighted by Crippen LogP contribution is 2.16. The number of allylic oxidation sites excluding steroid dienone is 14. The molecule has 462 valence electrons. The van der Waals surface area contributed by atoms with Crippen LogP contribution in [0.1, 0.15) is 348 Å². The Bertz CT molecular complexity index is 1520. The molecule has 80 heavy (non-hydrogen) atoms. The monoisotopic (exact) mass is 1110 g/mol. The van der Waals surface area contributed by atoms with Gasteiger partial charge in [-0.1, -0.05) is 292 Å². The zero-order valence-corrected chi connectivity index (χ0v) is 53.1. The van der Waals surface area contributed by atoms with Crippen LogP contribution < -0.4 is 0 Å².